The Kier molecular flexibility index (Phi) is 5.65. The lowest BCUT2D eigenvalue weighted by molar-refractivity contribution is 0.398. The second-order valence-electron chi connectivity index (χ2n) is 4.90. The maximum Gasteiger partial charge on any atom is 0.246 e. The Hall–Kier alpha value is -1.76. The van der Waals surface area contributed by atoms with E-state index in [-0.39, 0.29) is 18.0 Å². The third-order valence-corrected chi connectivity index (χ3v) is 5.15. The zero-order chi connectivity index (χ0) is 16.0. The molecule has 2 aromatic carbocycles. The maximum absolute atomic E-state index is 13.9. The van der Waals surface area contributed by atoms with Crippen LogP contribution in [0.1, 0.15) is 12.0 Å². The summed E-state index contributed by atoms with van der Waals surface area (Å²) in [6, 6.07) is 14.6. The maximum atomic E-state index is 13.9. The number of nitrogens with two attached hydrogens (primary N) is 1. The Labute approximate surface area is 130 Å². The van der Waals surface area contributed by atoms with Crippen LogP contribution in [-0.2, 0) is 16.6 Å². The largest absolute Gasteiger partial charge is 0.330 e. The standard InChI is InChI=1S/C16H19FN2O2S/c17-15-9-4-5-10-16(15)22(20,21)19(12-6-11-18)13-14-7-2-1-3-8-14/h1-5,7-10H,6,11-13,18H2. The summed E-state index contributed by atoms with van der Waals surface area (Å²) in [6.45, 7) is 0.817. The topological polar surface area (TPSA) is 63.4 Å². The summed E-state index contributed by atoms with van der Waals surface area (Å²) < 4.78 is 40.6. The molecule has 0 saturated carbocycles. The molecule has 0 bridgehead atoms. The van der Waals surface area contributed by atoms with Gasteiger partial charge >= 0.3 is 0 Å². The van der Waals surface area contributed by atoms with Gasteiger partial charge in [0.15, 0.2) is 0 Å². The fourth-order valence-electron chi connectivity index (χ4n) is 2.13. The van der Waals surface area contributed by atoms with Gasteiger partial charge in [0.2, 0.25) is 10.0 Å². The minimum absolute atomic E-state index is 0.192. The van der Waals surface area contributed by atoms with Crippen LogP contribution in [0.15, 0.2) is 59.5 Å². The van der Waals surface area contributed by atoms with Gasteiger partial charge in [0.05, 0.1) is 0 Å². The second kappa shape index (κ2) is 7.49. The quantitative estimate of drug-likeness (QED) is 0.851. The van der Waals surface area contributed by atoms with Crippen molar-refractivity contribution < 1.29 is 12.8 Å². The third kappa shape index (κ3) is 3.91. The molecule has 6 heteroatoms. The highest BCUT2D eigenvalue weighted by atomic mass is 32.2. The molecule has 2 rings (SSSR count). The number of rotatable bonds is 7. The average Bonchev–Trinajstić information content (AvgIpc) is 2.52. The summed E-state index contributed by atoms with van der Waals surface area (Å²) in [5.41, 5.74) is 6.33. The van der Waals surface area contributed by atoms with Crippen LogP contribution in [0.5, 0.6) is 0 Å². The highest BCUT2D eigenvalue weighted by Crippen LogP contribution is 2.21. The predicted molar refractivity (Wildman–Crippen MR) is 84.1 cm³/mol. The van der Waals surface area contributed by atoms with Crippen molar-refractivity contribution in [3.05, 3.63) is 66.0 Å². The molecule has 0 radical (unpaired) electrons. The molecule has 0 aliphatic heterocycles. The van der Waals surface area contributed by atoms with E-state index in [2.05, 4.69) is 0 Å². The minimum atomic E-state index is -3.90. The van der Waals surface area contributed by atoms with Gasteiger partial charge in [-0.1, -0.05) is 42.5 Å². The van der Waals surface area contributed by atoms with Crippen LogP contribution in [0.2, 0.25) is 0 Å². The van der Waals surface area contributed by atoms with Crippen LogP contribution in [0.3, 0.4) is 0 Å². The smallest absolute Gasteiger partial charge is 0.246 e. The second-order valence-corrected chi connectivity index (χ2v) is 6.80. The molecule has 0 saturated heterocycles. The molecule has 2 N–H and O–H groups in total. The molecule has 2 aromatic rings. The summed E-state index contributed by atoms with van der Waals surface area (Å²) in [6.07, 6.45) is 0.514. The number of hydrogen-bond acceptors (Lipinski definition) is 3. The van der Waals surface area contributed by atoms with Crippen molar-refractivity contribution in [1.82, 2.24) is 4.31 Å². The molecule has 0 fully saturated rings. The fraction of sp³-hybridized carbons (Fsp3) is 0.250. The molecule has 0 atom stereocenters. The van der Waals surface area contributed by atoms with Gasteiger partial charge in [-0.3, -0.25) is 0 Å². The van der Waals surface area contributed by atoms with Gasteiger partial charge in [0, 0.05) is 13.1 Å². The molecule has 0 amide bonds. The van der Waals surface area contributed by atoms with Gasteiger partial charge in [-0.2, -0.15) is 4.31 Å². The third-order valence-electron chi connectivity index (χ3n) is 3.27. The number of hydrogen-bond donors (Lipinski definition) is 1. The summed E-state index contributed by atoms with van der Waals surface area (Å²) >= 11 is 0. The van der Waals surface area contributed by atoms with E-state index < -0.39 is 15.8 Å². The lowest BCUT2D eigenvalue weighted by atomic mass is 10.2. The SMILES string of the molecule is NCCCN(Cc1ccccc1)S(=O)(=O)c1ccccc1F. The van der Waals surface area contributed by atoms with E-state index in [4.69, 9.17) is 5.73 Å². The molecular formula is C16H19FN2O2S. The van der Waals surface area contributed by atoms with Gasteiger partial charge in [0.1, 0.15) is 10.7 Å². The Morgan fingerprint density at radius 1 is 1.00 bits per heavy atom. The van der Waals surface area contributed by atoms with Crippen molar-refractivity contribution in [3.8, 4) is 0 Å². The van der Waals surface area contributed by atoms with E-state index in [0.29, 0.717) is 13.0 Å². The zero-order valence-corrected chi connectivity index (χ0v) is 13.0. The Balaban J connectivity index is 2.33. The van der Waals surface area contributed by atoms with Crippen LogP contribution in [0, 0.1) is 5.82 Å². The van der Waals surface area contributed by atoms with Crippen LogP contribution >= 0.6 is 0 Å². The van der Waals surface area contributed by atoms with Crippen LogP contribution in [-0.4, -0.2) is 25.8 Å². The van der Waals surface area contributed by atoms with Gasteiger partial charge in [-0.15, -0.1) is 0 Å². The molecular weight excluding hydrogens is 303 g/mol. The predicted octanol–water partition coefficient (Wildman–Crippen LogP) is 2.37. The minimum Gasteiger partial charge on any atom is -0.330 e. The van der Waals surface area contributed by atoms with E-state index in [1.54, 1.807) is 0 Å². The summed E-state index contributed by atoms with van der Waals surface area (Å²) in [7, 11) is -3.90. The number of halogens is 1. The zero-order valence-electron chi connectivity index (χ0n) is 12.2. The molecule has 22 heavy (non-hydrogen) atoms. The lowest BCUT2D eigenvalue weighted by Crippen LogP contribution is -2.33. The molecule has 0 unspecified atom stereocenters. The van der Waals surface area contributed by atoms with Gasteiger partial charge in [0.25, 0.3) is 0 Å². The highest BCUT2D eigenvalue weighted by Gasteiger charge is 2.26. The Morgan fingerprint density at radius 2 is 1.64 bits per heavy atom. The van der Waals surface area contributed by atoms with E-state index in [1.807, 2.05) is 30.3 Å². The first-order valence-corrected chi connectivity index (χ1v) is 8.48. The van der Waals surface area contributed by atoms with Crippen molar-refractivity contribution in [2.24, 2.45) is 5.73 Å². The highest BCUT2D eigenvalue weighted by molar-refractivity contribution is 7.89. The number of nitrogens with zero attached hydrogens (tertiary/aromatic N) is 1. The fourth-order valence-corrected chi connectivity index (χ4v) is 3.66. The summed E-state index contributed by atoms with van der Waals surface area (Å²) in [4.78, 5) is -0.303. The number of benzene rings is 2. The molecule has 118 valence electrons. The van der Waals surface area contributed by atoms with E-state index in [0.717, 1.165) is 11.6 Å². The average molecular weight is 322 g/mol. The summed E-state index contributed by atoms with van der Waals surface area (Å²) in [5.74, 6) is -0.742. The van der Waals surface area contributed by atoms with Crippen molar-refractivity contribution >= 4 is 10.0 Å². The van der Waals surface area contributed by atoms with Gasteiger partial charge in [-0.05, 0) is 30.7 Å². The Morgan fingerprint density at radius 3 is 2.27 bits per heavy atom. The first kappa shape index (κ1) is 16.6. The van der Waals surface area contributed by atoms with Crippen molar-refractivity contribution in [1.29, 1.82) is 0 Å². The monoisotopic (exact) mass is 322 g/mol. The first-order valence-electron chi connectivity index (χ1n) is 7.04. The van der Waals surface area contributed by atoms with Crippen molar-refractivity contribution in [2.45, 2.75) is 17.9 Å². The van der Waals surface area contributed by atoms with Crippen LogP contribution in [0.25, 0.3) is 0 Å². The van der Waals surface area contributed by atoms with E-state index in [9.17, 15) is 12.8 Å². The molecule has 0 aliphatic rings. The summed E-state index contributed by atoms with van der Waals surface area (Å²) in [5, 5.41) is 0. The van der Waals surface area contributed by atoms with Crippen molar-refractivity contribution in [2.75, 3.05) is 13.1 Å². The molecule has 0 spiro atoms. The number of sulfonamides is 1. The van der Waals surface area contributed by atoms with Gasteiger partial charge < -0.3 is 5.73 Å². The molecule has 4 nitrogen and oxygen atoms in total. The van der Waals surface area contributed by atoms with E-state index >= 15 is 0 Å². The Bertz CT molecular complexity index is 705. The van der Waals surface area contributed by atoms with E-state index in [1.165, 1.54) is 22.5 Å². The van der Waals surface area contributed by atoms with Crippen molar-refractivity contribution in [3.63, 3.8) is 0 Å². The van der Waals surface area contributed by atoms with Crippen LogP contribution < -0.4 is 5.73 Å². The first-order chi connectivity index (χ1) is 10.6. The van der Waals surface area contributed by atoms with Gasteiger partial charge in [-0.25, -0.2) is 12.8 Å². The van der Waals surface area contributed by atoms with Crippen LogP contribution in [0.4, 0.5) is 4.39 Å². The normalized spacial score (nSPS) is 11.8. The molecule has 0 aromatic heterocycles. The molecule has 0 heterocycles. The molecule has 0 aliphatic carbocycles. The lowest BCUT2D eigenvalue weighted by Gasteiger charge is -2.22.